The summed E-state index contributed by atoms with van der Waals surface area (Å²) in [6, 6.07) is 15.3. The number of ether oxygens (including phenoxy) is 2. The van der Waals surface area contributed by atoms with E-state index in [1.165, 1.54) is 0 Å². The highest BCUT2D eigenvalue weighted by molar-refractivity contribution is 5.89. The number of hydrogen-bond donors (Lipinski definition) is 0. The molecule has 0 amide bonds. The molecule has 0 bridgehead atoms. The first kappa shape index (κ1) is 20.1. The van der Waals surface area contributed by atoms with E-state index in [-0.39, 0.29) is 0 Å². The quantitative estimate of drug-likeness (QED) is 0.587. The molecule has 0 N–H and O–H groups in total. The number of benzene rings is 2. The maximum Gasteiger partial charge on any atom is 0.353 e. The molecule has 0 radical (unpaired) electrons. The Balaban J connectivity index is 1.83. The lowest BCUT2D eigenvalue weighted by atomic mass is 9.95. The van der Waals surface area contributed by atoms with Crippen LogP contribution in [0.4, 0.5) is 0 Å². The van der Waals surface area contributed by atoms with Crippen LogP contribution in [-0.2, 0) is 31.9 Å². The normalized spacial score (nSPS) is 19.2. The summed E-state index contributed by atoms with van der Waals surface area (Å²) in [5.74, 6) is -1.00. The van der Waals surface area contributed by atoms with E-state index in [0.717, 1.165) is 60.8 Å². The SMILES string of the molecule is CCCCc1ccccc1C1OC(=O)C(c2ccccc2CCCC)OC1=O. The van der Waals surface area contributed by atoms with Gasteiger partial charge < -0.3 is 9.47 Å². The summed E-state index contributed by atoms with van der Waals surface area (Å²) in [5, 5.41) is 0. The fraction of sp³-hybridized carbons (Fsp3) is 0.417. The first-order chi connectivity index (χ1) is 13.7. The standard InChI is InChI=1S/C24H28O4/c1-3-5-11-17-13-7-9-15-19(17)21-23(25)28-22(24(26)27-21)20-16-10-8-14-18(20)12-6-4-2/h7-10,13-16,21-22H,3-6,11-12H2,1-2H3. The smallest absolute Gasteiger partial charge is 0.353 e. The van der Waals surface area contributed by atoms with E-state index in [1.807, 2.05) is 48.5 Å². The summed E-state index contributed by atoms with van der Waals surface area (Å²) >= 11 is 0. The van der Waals surface area contributed by atoms with Gasteiger partial charge in [-0.2, -0.15) is 0 Å². The van der Waals surface area contributed by atoms with Gasteiger partial charge in [-0.05, 0) is 36.8 Å². The van der Waals surface area contributed by atoms with Crippen LogP contribution in [0.5, 0.6) is 0 Å². The third-order valence-electron chi connectivity index (χ3n) is 5.17. The van der Waals surface area contributed by atoms with Crippen LogP contribution in [-0.4, -0.2) is 11.9 Å². The van der Waals surface area contributed by atoms with Crippen LogP contribution >= 0.6 is 0 Å². The van der Waals surface area contributed by atoms with Gasteiger partial charge in [0.1, 0.15) is 0 Å². The molecule has 1 aliphatic rings. The Hall–Kier alpha value is -2.62. The van der Waals surface area contributed by atoms with Crippen LogP contribution in [0.15, 0.2) is 48.5 Å². The van der Waals surface area contributed by atoms with Gasteiger partial charge in [0.2, 0.25) is 12.2 Å². The largest absolute Gasteiger partial charge is 0.442 e. The fourth-order valence-electron chi connectivity index (χ4n) is 3.60. The third-order valence-corrected chi connectivity index (χ3v) is 5.17. The van der Waals surface area contributed by atoms with E-state index in [9.17, 15) is 9.59 Å². The lowest BCUT2D eigenvalue weighted by Gasteiger charge is -2.29. The van der Waals surface area contributed by atoms with Crippen molar-refractivity contribution in [2.24, 2.45) is 0 Å². The molecular formula is C24H28O4. The van der Waals surface area contributed by atoms with E-state index in [4.69, 9.17) is 9.47 Å². The second-order valence-electron chi connectivity index (χ2n) is 7.24. The molecule has 4 nitrogen and oxygen atoms in total. The molecule has 1 aliphatic heterocycles. The highest BCUT2D eigenvalue weighted by Gasteiger charge is 2.41. The van der Waals surface area contributed by atoms with Crippen molar-refractivity contribution in [2.45, 2.75) is 64.6 Å². The van der Waals surface area contributed by atoms with Crippen LogP contribution in [0.25, 0.3) is 0 Å². The summed E-state index contributed by atoms with van der Waals surface area (Å²) in [4.78, 5) is 25.6. The summed E-state index contributed by atoms with van der Waals surface area (Å²) in [6.45, 7) is 4.25. The predicted molar refractivity (Wildman–Crippen MR) is 108 cm³/mol. The Morgan fingerprint density at radius 3 is 1.46 bits per heavy atom. The highest BCUT2D eigenvalue weighted by Crippen LogP contribution is 2.35. The summed E-state index contributed by atoms with van der Waals surface area (Å²) in [5.41, 5.74) is 3.51. The van der Waals surface area contributed by atoms with Crippen LogP contribution in [0.1, 0.15) is 74.0 Å². The maximum atomic E-state index is 12.8. The summed E-state index contributed by atoms with van der Waals surface area (Å²) < 4.78 is 11.2. The van der Waals surface area contributed by atoms with Gasteiger partial charge in [-0.15, -0.1) is 0 Å². The highest BCUT2D eigenvalue weighted by atomic mass is 16.6. The number of hydrogen-bond acceptors (Lipinski definition) is 4. The van der Waals surface area contributed by atoms with Gasteiger partial charge in [0.25, 0.3) is 0 Å². The third kappa shape index (κ3) is 4.44. The Labute approximate surface area is 166 Å². The van der Waals surface area contributed by atoms with E-state index >= 15 is 0 Å². The topological polar surface area (TPSA) is 52.6 Å². The molecule has 0 spiro atoms. The molecule has 2 aromatic carbocycles. The number of carbonyl (C=O) groups excluding carboxylic acids is 2. The monoisotopic (exact) mass is 380 g/mol. The van der Waals surface area contributed by atoms with Crippen LogP contribution in [0.2, 0.25) is 0 Å². The number of rotatable bonds is 8. The predicted octanol–water partition coefficient (Wildman–Crippen LogP) is 5.25. The van der Waals surface area contributed by atoms with Crippen LogP contribution in [0.3, 0.4) is 0 Å². The van der Waals surface area contributed by atoms with Crippen molar-refractivity contribution in [1.82, 2.24) is 0 Å². The average molecular weight is 380 g/mol. The number of carbonyl (C=O) groups is 2. The Morgan fingerprint density at radius 2 is 1.07 bits per heavy atom. The van der Waals surface area contributed by atoms with Crippen LogP contribution < -0.4 is 0 Å². The maximum absolute atomic E-state index is 12.8. The summed E-state index contributed by atoms with van der Waals surface area (Å²) in [7, 11) is 0. The van der Waals surface area contributed by atoms with Crippen molar-refractivity contribution in [1.29, 1.82) is 0 Å². The molecule has 148 valence electrons. The molecule has 1 heterocycles. The lowest BCUT2D eigenvalue weighted by Crippen LogP contribution is -2.35. The van der Waals surface area contributed by atoms with Crippen molar-refractivity contribution < 1.29 is 19.1 Å². The zero-order valence-corrected chi connectivity index (χ0v) is 16.6. The molecule has 28 heavy (non-hydrogen) atoms. The molecule has 0 saturated carbocycles. The molecule has 0 aromatic heterocycles. The first-order valence-electron chi connectivity index (χ1n) is 10.2. The minimum Gasteiger partial charge on any atom is -0.442 e. The van der Waals surface area contributed by atoms with E-state index in [0.29, 0.717) is 0 Å². The Kier molecular flexibility index (Phi) is 6.85. The van der Waals surface area contributed by atoms with Gasteiger partial charge in [-0.1, -0.05) is 75.2 Å². The molecule has 0 aliphatic carbocycles. The van der Waals surface area contributed by atoms with E-state index in [1.54, 1.807) is 0 Å². The lowest BCUT2D eigenvalue weighted by molar-refractivity contribution is -0.196. The number of cyclic esters (lactones) is 2. The zero-order valence-electron chi connectivity index (χ0n) is 16.6. The van der Waals surface area contributed by atoms with E-state index in [2.05, 4.69) is 13.8 Å². The average Bonchev–Trinajstić information content (AvgIpc) is 2.72. The van der Waals surface area contributed by atoms with Gasteiger partial charge in [-0.3, -0.25) is 0 Å². The minimum atomic E-state index is -0.986. The summed E-state index contributed by atoms with van der Waals surface area (Å²) in [6.07, 6.45) is 3.86. The molecule has 2 unspecified atom stereocenters. The molecule has 2 atom stereocenters. The van der Waals surface area contributed by atoms with Gasteiger partial charge >= 0.3 is 11.9 Å². The van der Waals surface area contributed by atoms with Crippen molar-refractivity contribution in [3.8, 4) is 0 Å². The molecular weight excluding hydrogens is 352 g/mol. The minimum absolute atomic E-state index is 0.501. The molecule has 1 fully saturated rings. The van der Waals surface area contributed by atoms with Crippen LogP contribution in [0, 0.1) is 0 Å². The van der Waals surface area contributed by atoms with Gasteiger partial charge in [0.05, 0.1) is 0 Å². The number of esters is 2. The van der Waals surface area contributed by atoms with Gasteiger partial charge in [0, 0.05) is 11.1 Å². The number of aryl methyl sites for hydroxylation is 2. The van der Waals surface area contributed by atoms with E-state index < -0.39 is 24.1 Å². The van der Waals surface area contributed by atoms with Gasteiger partial charge in [-0.25, -0.2) is 9.59 Å². The van der Waals surface area contributed by atoms with Crippen molar-refractivity contribution in [3.05, 3.63) is 70.8 Å². The second kappa shape index (κ2) is 9.54. The van der Waals surface area contributed by atoms with Crippen molar-refractivity contribution >= 4 is 11.9 Å². The molecule has 4 heteroatoms. The molecule has 3 rings (SSSR count). The Bertz CT molecular complexity index is 757. The fourth-order valence-corrected chi connectivity index (χ4v) is 3.60. The van der Waals surface area contributed by atoms with Gasteiger partial charge in [0.15, 0.2) is 0 Å². The Morgan fingerprint density at radius 1 is 0.679 bits per heavy atom. The molecule has 2 aromatic rings. The second-order valence-corrected chi connectivity index (χ2v) is 7.24. The first-order valence-corrected chi connectivity index (χ1v) is 10.2. The van der Waals surface area contributed by atoms with Crippen molar-refractivity contribution in [3.63, 3.8) is 0 Å². The zero-order chi connectivity index (χ0) is 19.9. The molecule has 1 saturated heterocycles. The van der Waals surface area contributed by atoms with Crippen molar-refractivity contribution in [2.75, 3.05) is 0 Å². The number of unbranched alkanes of at least 4 members (excludes halogenated alkanes) is 2.